The zero-order valence-electron chi connectivity index (χ0n) is 16.3. The third kappa shape index (κ3) is 11.4. The maximum absolute atomic E-state index is 11.2. The van der Waals surface area contributed by atoms with Crippen LogP contribution in [0.15, 0.2) is 4.79 Å². The van der Waals surface area contributed by atoms with Gasteiger partial charge in [-0.15, -0.1) is 0 Å². The van der Waals surface area contributed by atoms with Crippen molar-refractivity contribution in [3.63, 3.8) is 0 Å². The smallest absolute Gasteiger partial charge is 0.203 e. The Hall–Kier alpha value is -0.740. The predicted octanol–water partition coefficient (Wildman–Crippen LogP) is 5.82. The van der Waals surface area contributed by atoms with Crippen molar-refractivity contribution < 1.29 is 0 Å². The van der Waals surface area contributed by atoms with Crippen LogP contribution in [0.5, 0.6) is 0 Å². The average molecular weight is 347 g/mol. The predicted molar refractivity (Wildman–Crippen MR) is 112 cm³/mol. The molecule has 1 aromatic carbocycles. The minimum Gasteiger partial charge on any atom is -0.383 e. The van der Waals surface area contributed by atoms with Crippen molar-refractivity contribution in [1.29, 1.82) is 0 Å². The summed E-state index contributed by atoms with van der Waals surface area (Å²) >= 11 is 4.97. The molecule has 0 fully saturated rings. The molecule has 0 saturated carbocycles. The Morgan fingerprint density at radius 2 is 1.43 bits per heavy atom. The van der Waals surface area contributed by atoms with Gasteiger partial charge in [0.05, 0.1) is 5.69 Å². The molecule has 1 rings (SSSR count). The van der Waals surface area contributed by atoms with Crippen molar-refractivity contribution in [2.75, 3.05) is 31.5 Å². The molecule has 4 heteroatoms. The highest BCUT2D eigenvalue weighted by molar-refractivity contribution is 7.71. The van der Waals surface area contributed by atoms with Gasteiger partial charge in [-0.1, -0.05) is 75.0 Å². The number of hydrogen-bond acceptors (Lipinski definition) is 4. The van der Waals surface area contributed by atoms with Gasteiger partial charge in [-0.3, -0.25) is 4.79 Å². The lowest BCUT2D eigenvalue weighted by atomic mass is 10.1. The third-order valence-corrected chi connectivity index (χ3v) is 3.39. The summed E-state index contributed by atoms with van der Waals surface area (Å²) in [5.74, 6) is 0. The number of anilines is 1. The number of hydrogen-bond donors (Lipinski definition) is 1. The van der Waals surface area contributed by atoms with E-state index in [4.69, 9.17) is 12.2 Å². The van der Waals surface area contributed by atoms with Crippen LogP contribution in [0.4, 0.5) is 5.69 Å². The molecule has 140 valence electrons. The van der Waals surface area contributed by atoms with Gasteiger partial charge in [0.25, 0.3) is 0 Å². The molecule has 0 aliphatic rings. The van der Waals surface area contributed by atoms with E-state index in [2.05, 4.69) is 24.1 Å². The summed E-state index contributed by atoms with van der Waals surface area (Å²) < 4.78 is 0.473. The second kappa shape index (κ2) is 21.3. The molecular formula is C19H42N2OS. The SMILES string of the molecule is C.CC.CC.CC.CCN(CC)CCCNc1c(C)c(=O)c1=S. The Bertz CT molecular complexity index is 405. The van der Waals surface area contributed by atoms with E-state index < -0.39 is 0 Å². The Labute approximate surface area is 151 Å². The summed E-state index contributed by atoms with van der Waals surface area (Å²) in [5, 5.41) is 3.24. The van der Waals surface area contributed by atoms with Gasteiger partial charge in [-0.05, 0) is 33.0 Å². The van der Waals surface area contributed by atoms with Crippen molar-refractivity contribution in [2.24, 2.45) is 0 Å². The molecule has 0 unspecified atom stereocenters. The molecule has 1 N–H and O–H groups in total. The highest BCUT2D eigenvalue weighted by Crippen LogP contribution is 2.15. The summed E-state index contributed by atoms with van der Waals surface area (Å²) in [7, 11) is 0. The molecule has 0 saturated heterocycles. The fourth-order valence-corrected chi connectivity index (χ4v) is 2.15. The van der Waals surface area contributed by atoms with Crippen molar-refractivity contribution in [3.8, 4) is 0 Å². The van der Waals surface area contributed by atoms with Crippen LogP contribution in [0.25, 0.3) is 0 Å². The molecule has 0 heterocycles. The first-order chi connectivity index (χ1) is 10.6. The van der Waals surface area contributed by atoms with E-state index in [1.807, 2.05) is 48.5 Å². The van der Waals surface area contributed by atoms with Gasteiger partial charge >= 0.3 is 0 Å². The van der Waals surface area contributed by atoms with Crippen LogP contribution < -0.4 is 10.7 Å². The summed E-state index contributed by atoms with van der Waals surface area (Å²) in [6, 6.07) is 0. The van der Waals surface area contributed by atoms with Crippen molar-refractivity contribution in [1.82, 2.24) is 4.90 Å². The zero-order chi connectivity index (χ0) is 18.1. The number of rotatable bonds is 7. The topological polar surface area (TPSA) is 32.3 Å². The van der Waals surface area contributed by atoms with Crippen LogP contribution in [-0.2, 0) is 0 Å². The van der Waals surface area contributed by atoms with E-state index in [0.717, 1.165) is 43.9 Å². The first kappa shape index (κ1) is 30.2. The van der Waals surface area contributed by atoms with Gasteiger partial charge < -0.3 is 10.2 Å². The summed E-state index contributed by atoms with van der Waals surface area (Å²) in [4.78, 5) is 13.5. The van der Waals surface area contributed by atoms with Crippen LogP contribution in [-0.4, -0.2) is 31.1 Å². The standard InChI is InChI=1S/C12H20N2OS.3C2H6.CH4/c1-4-14(5-2)8-6-7-13-10-9(3)11(15)12(10)16;3*1-2;/h13H,4-8H2,1-3H3;3*1-2H3;1H4. The van der Waals surface area contributed by atoms with Gasteiger partial charge in [0.15, 0.2) is 0 Å². The molecule has 0 radical (unpaired) electrons. The van der Waals surface area contributed by atoms with E-state index in [1.165, 1.54) is 0 Å². The normalized spacial score (nSPS) is 8.61. The third-order valence-electron chi connectivity index (χ3n) is 3.00. The minimum absolute atomic E-state index is 0. The Morgan fingerprint density at radius 3 is 1.78 bits per heavy atom. The molecule has 0 amide bonds. The zero-order valence-corrected chi connectivity index (χ0v) is 17.1. The second-order valence-electron chi connectivity index (χ2n) is 3.97. The largest absolute Gasteiger partial charge is 0.383 e. The monoisotopic (exact) mass is 346 g/mol. The maximum atomic E-state index is 11.2. The lowest BCUT2D eigenvalue weighted by molar-refractivity contribution is 0.303. The van der Waals surface area contributed by atoms with Crippen LogP contribution in [0.2, 0.25) is 0 Å². The van der Waals surface area contributed by atoms with Crippen LogP contribution in [0.1, 0.15) is 74.8 Å². The molecule has 3 nitrogen and oxygen atoms in total. The minimum atomic E-state index is 0. The van der Waals surface area contributed by atoms with Gasteiger partial charge in [0.1, 0.15) is 4.51 Å². The molecule has 0 aliphatic heterocycles. The molecule has 1 aromatic rings. The lowest BCUT2D eigenvalue weighted by Gasteiger charge is -2.18. The Morgan fingerprint density at radius 1 is 1.00 bits per heavy atom. The summed E-state index contributed by atoms with van der Waals surface area (Å²) in [5.41, 5.74) is 1.70. The number of nitrogens with zero attached hydrogens (tertiary/aromatic N) is 1. The summed E-state index contributed by atoms with van der Waals surface area (Å²) in [6.45, 7) is 22.3. The maximum Gasteiger partial charge on any atom is 0.203 e. The van der Waals surface area contributed by atoms with Crippen LogP contribution >= 0.6 is 12.2 Å². The van der Waals surface area contributed by atoms with E-state index >= 15 is 0 Å². The first-order valence-corrected chi connectivity index (χ1v) is 9.28. The van der Waals surface area contributed by atoms with E-state index in [9.17, 15) is 4.79 Å². The molecular weight excluding hydrogens is 304 g/mol. The highest BCUT2D eigenvalue weighted by Gasteiger charge is 2.12. The molecule has 0 spiro atoms. The van der Waals surface area contributed by atoms with E-state index in [-0.39, 0.29) is 12.9 Å². The van der Waals surface area contributed by atoms with Gasteiger partial charge in [-0.2, -0.15) is 0 Å². The van der Waals surface area contributed by atoms with Crippen molar-refractivity contribution >= 4 is 17.9 Å². The Kier molecular flexibility index (Phi) is 27.9. The van der Waals surface area contributed by atoms with Crippen molar-refractivity contribution in [3.05, 3.63) is 20.3 Å². The number of nitrogens with one attached hydrogen (secondary N) is 1. The first-order valence-electron chi connectivity index (χ1n) is 8.87. The quantitative estimate of drug-likeness (QED) is 0.498. The van der Waals surface area contributed by atoms with E-state index in [1.54, 1.807) is 0 Å². The fourth-order valence-electron chi connectivity index (χ4n) is 1.77. The lowest BCUT2D eigenvalue weighted by Crippen LogP contribution is -2.26. The van der Waals surface area contributed by atoms with Gasteiger partial charge in [-0.25, -0.2) is 0 Å². The summed E-state index contributed by atoms with van der Waals surface area (Å²) in [6.07, 6.45) is 1.08. The van der Waals surface area contributed by atoms with Crippen LogP contribution in [0.3, 0.4) is 0 Å². The van der Waals surface area contributed by atoms with Gasteiger partial charge in [0.2, 0.25) is 5.43 Å². The molecule has 0 bridgehead atoms. The fraction of sp³-hybridized carbons (Fsp3) is 0.789. The second-order valence-corrected chi connectivity index (χ2v) is 4.37. The van der Waals surface area contributed by atoms with Crippen LogP contribution in [0, 0.1) is 11.4 Å². The average Bonchev–Trinajstić information content (AvgIpc) is 2.62. The molecule has 23 heavy (non-hydrogen) atoms. The van der Waals surface area contributed by atoms with E-state index in [0.29, 0.717) is 4.51 Å². The molecule has 0 aromatic heterocycles. The van der Waals surface area contributed by atoms with Crippen molar-refractivity contribution in [2.45, 2.75) is 76.2 Å². The van der Waals surface area contributed by atoms with Gasteiger partial charge in [0, 0.05) is 12.1 Å². The molecule has 0 atom stereocenters. The highest BCUT2D eigenvalue weighted by atomic mass is 32.1. The molecule has 0 aliphatic carbocycles. The Balaban J connectivity index is -0.000000231.